The van der Waals surface area contributed by atoms with Gasteiger partial charge < -0.3 is 36.1 Å². The topological polar surface area (TPSA) is 353 Å². The summed E-state index contributed by atoms with van der Waals surface area (Å²) in [6.45, 7) is 5.81. The maximum Gasteiger partial charge on any atom is 0.418 e. The van der Waals surface area contributed by atoms with Gasteiger partial charge in [-0.05, 0) is 215 Å². The van der Waals surface area contributed by atoms with Crippen molar-refractivity contribution in [1.29, 1.82) is 0 Å². The zero-order chi connectivity index (χ0) is 88.8. The number of amides is 6. The molecule has 0 spiro atoms. The van der Waals surface area contributed by atoms with E-state index in [-0.39, 0.29) is 77.7 Å². The summed E-state index contributed by atoms with van der Waals surface area (Å²) in [5.74, 6) is 0.615. The molecule has 1 unspecified atom stereocenters. The van der Waals surface area contributed by atoms with Gasteiger partial charge in [0.1, 0.15) is 15.8 Å². The number of aromatic nitrogens is 11. The first kappa shape index (κ1) is 87.4. The van der Waals surface area contributed by atoms with Gasteiger partial charge in [0.25, 0.3) is 5.91 Å². The van der Waals surface area contributed by atoms with Crippen LogP contribution < -0.4 is 31.9 Å². The molecule has 12 aromatic heterocycles. The summed E-state index contributed by atoms with van der Waals surface area (Å²) in [5.41, 5.74) is 15.2. The molecule has 33 heteroatoms. The molecular weight excluding hydrogens is 1740 g/mol. The van der Waals surface area contributed by atoms with E-state index in [0.29, 0.717) is 50.5 Å². The lowest BCUT2D eigenvalue weighted by Crippen LogP contribution is -2.36. The minimum absolute atomic E-state index is 0.000901. The zero-order valence-corrected chi connectivity index (χ0v) is 76.5. The fourth-order valence-electron chi connectivity index (χ4n) is 16.5. The van der Waals surface area contributed by atoms with Crippen LogP contribution in [0.2, 0.25) is 0 Å². The first-order valence-corrected chi connectivity index (χ1v) is 49.2. The second kappa shape index (κ2) is 39.4. The third kappa shape index (κ3) is 20.7. The second-order valence-electron chi connectivity index (χ2n) is 33.5. The maximum atomic E-state index is 13.0. The molecule has 5 aliphatic carbocycles. The third-order valence-electron chi connectivity index (χ3n) is 23.9. The summed E-state index contributed by atoms with van der Waals surface area (Å²) < 4.78 is 23.0. The van der Waals surface area contributed by atoms with Crippen molar-refractivity contribution in [2.45, 2.75) is 187 Å². The summed E-state index contributed by atoms with van der Waals surface area (Å²) in [7, 11) is 1.56. The van der Waals surface area contributed by atoms with Gasteiger partial charge in [-0.15, -0.1) is 11.3 Å². The number of ether oxygens (including phenoxy) is 2. The quantitative estimate of drug-likeness (QED) is 0.0386. The van der Waals surface area contributed by atoms with Crippen molar-refractivity contribution < 1.29 is 47.8 Å². The van der Waals surface area contributed by atoms with Crippen molar-refractivity contribution in [2.75, 3.05) is 28.3 Å². The molecule has 1 atom stereocenters. The van der Waals surface area contributed by atoms with Crippen molar-refractivity contribution in [1.82, 2.24) is 64.0 Å². The molecule has 6 N–H and O–H groups in total. The number of carbonyl (C=O) groups is 8. The molecule has 5 fully saturated rings. The fourth-order valence-corrected chi connectivity index (χ4v) is 21.7. The van der Waals surface area contributed by atoms with Gasteiger partial charge in [0.15, 0.2) is 26.2 Å². The van der Waals surface area contributed by atoms with Gasteiger partial charge in [0.05, 0.1) is 74.6 Å². The van der Waals surface area contributed by atoms with E-state index < -0.39 is 0 Å². The highest BCUT2D eigenvalue weighted by Gasteiger charge is 2.33. The largest absolute Gasteiger partial charge is 0.459 e. The van der Waals surface area contributed by atoms with Crippen molar-refractivity contribution in [3.05, 3.63) is 163 Å². The normalized spacial score (nSPS) is 15.2. The van der Waals surface area contributed by atoms with E-state index in [2.05, 4.69) is 101 Å². The smallest absolute Gasteiger partial charge is 0.418 e. The van der Waals surface area contributed by atoms with Gasteiger partial charge in [-0.1, -0.05) is 135 Å². The molecule has 4 aromatic carbocycles. The van der Waals surface area contributed by atoms with Crippen molar-refractivity contribution >= 4 is 220 Å². The highest BCUT2D eigenvalue weighted by molar-refractivity contribution is 7.23. The molecule has 12 heterocycles. The number of anilines is 4. The Balaban J connectivity index is 0.000000116. The molecular formula is C96H95N17O10S6. The number of hydrogen-bond acceptors (Lipinski definition) is 25. The summed E-state index contributed by atoms with van der Waals surface area (Å²) >= 11 is 8.49. The molecule has 5 aliphatic rings. The number of fused-ring (bicyclic) bond motifs is 8. The van der Waals surface area contributed by atoms with Gasteiger partial charge in [0, 0.05) is 113 Å². The lowest BCUT2D eigenvalue weighted by molar-refractivity contribution is -0.118. The number of thiophene rings is 1. The predicted molar refractivity (Wildman–Crippen MR) is 515 cm³/mol. The number of benzene rings is 4. The molecule has 0 aliphatic heterocycles. The highest BCUT2D eigenvalue weighted by atomic mass is 32.1. The number of urea groups is 1. The number of carbonyl (C=O) groups excluding carboxylic acids is 8. The highest BCUT2D eigenvalue weighted by Crippen LogP contribution is 2.41. The molecule has 0 saturated heterocycles. The van der Waals surface area contributed by atoms with E-state index in [1.165, 1.54) is 100 Å². The summed E-state index contributed by atoms with van der Waals surface area (Å²) in [5, 5.41) is 22.9. The summed E-state index contributed by atoms with van der Waals surface area (Å²) in [6, 6.07) is 35.6. The SMILES string of the molecule is CCC(=O)Nc1nc2ccc(-c3cnc4ccn(C(=O)OC5CCCCC5)c4c3)cc2s1.CCCC(C)OC(=O)c1csc2ncc(-c3ccc4nc(NC(=O)C5CC5)sc4c3)cc12.CNC(=O)Nc1nc2ccc(-c3cnc4snc(C(=O)NC5CCCCC5)c4c3)cc2s1.O=C(Nc1nc2ccc(-c3cnc4ccn(C(=O)CC5CCCCC5)c4c3)cc2s1)C1CC1. The van der Waals surface area contributed by atoms with E-state index in [0.717, 1.165) is 231 Å². The number of thiazole rings is 4. The van der Waals surface area contributed by atoms with Crippen LogP contribution in [-0.4, -0.2) is 126 Å². The Morgan fingerprint density at radius 1 is 0.481 bits per heavy atom. The Morgan fingerprint density at radius 3 is 1.46 bits per heavy atom. The van der Waals surface area contributed by atoms with Crippen LogP contribution in [0.1, 0.15) is 194 Å². The Bertz CT molecular complexity index is 6730. The number of esters is 1. The van der Waals surface area contributed by atoms with Crippen molar-refractivity contribution in [3.63, 3.8) is 0 Å². The van der Waals surface area contributed by atoms with Gasteiger partial charge in [-0.2, -0.15) is 4.37 Å². The van der Waals surface area contributed by atoms with Crippen molar-refractivity contribution in [3.8, 4) is 44.5 Å². The molecule has 27 nitrogen and oxygen atoms in total. The molecule has 660 valence electrons. The van der Waals surface area contributed by atoms with Crippen LogP contribution in [0.3, 0.4) is 0 Å². The molecule has 0 bridgehead atoms. The standard InChI is InChI=1S/C26H26N4O2S.C24H24N4O3S.C24H23N3O3S2.C22H22N6O2S2/c31-24(12-16-4-2-1-3-5-16)30-11-10-20-22(30)13-19(15-27-20)18-8-9-21-23(14-18)33-26(28-21)29-25(32)17-6-7-17;1-2-22(29)27-23-26-19-9-8-15(13-21(19)32-23)16-12-20-18(25-14-16)10-11-28(20)24(30)31-17-6-4-3-5-7-17;1-3-4-13(2)30-23(29)18-12-31-22-17(18)9-16(11-25-22)15-7-8-19-20(10-15)32-24(26-19)27-21(28)14-5-6-14;1-23-21(30)27-22-26-16-8-7-12(10-17(16)31-22)13-9-15-18(28-32-20(15)24-11-13)19(29)25-14-5-3-2-4-6-14/h8-11,13-17H,1-7,12H2,(H,28,29,32);8-14,17H,2-7H2,1H3,(H,26,27,29);7-14H,3-6H2,1-2H3,(H,26,27,28);7-11,14H,2-6H2,1H3,(H,25,29)(H2,23,26,27,30). The lowest BCUT2D eigenvalue weighted by Gasteiger charge is -2.22. The van der Waals surface area contributed by atoms with Crippen molar-refractivity contribution in [2.24, 2.45) is 17.8 Å². The molecule has 5 saturated carbocycles. The van der Waals surface area contributed by atoms with Gasteiger partial charge in [-0.25, -0.2) is 44.3 Å². The first-order chi connectivity index (χ1) is 62.9. The molecule has 129 heavy (non-hydrogen) atoms. The number of nitrogens with zero attached hydrogens (tertiary/aromatic N) is 11. The zero-order valence-electron chi connectivity index (χ0n) is 71.6. The predicted octanol–water partition coefficient (Wildman–Crippen LogP) is 23.3. The average molecular weight is 1840 g/mol. The summed E-state index contributed by atoms with van der Waals surface area (Å²) in [4.78, 5) is 137. The minimum Gasteiger partial charge on any atom is -0.459 e. The second-order valence-corrected chi connectivity index (χ2v) is 39.2. The van der Waals surface area contributed by atoms with Gasteiger partial charge in [0.2, 0.25) is 23.6 Å². The van der Waals surface area contributed by atoms with E-state index in [1.807, 2.05) is 129 Å². The van der Waals surface area contributed by atoms with Crippen LogP contribution in [0.25, 0.3) is 128 Å². The average Bonchev–Trinajstić information content (AvgIpc) is 1.70. The first-order valence-electron chi connectivity index (χ1n) is 44.2. The van der Waals surface area contributed by atoms with Crippen LogP contribution in [0.5, 0.6) is 0 Å². The Labute approximate surface area is 766 Å². The number of nitrogens with one attached hydrogen (secondary N) is 6. The van der Waals surface area contributed by atoms with Crippen LogP contribution in [0, 0.1) is 17.8 Å². The van der Waals surface area contributed by atoms with Crippen LogP contribution in [0.15, 0.2) is 152 Å². The molecule has 16 aromatic rings. The number of pyridine rings is 4. The number of rotatable bonds is 20. The van der Waals surface area contributed by atoms with E-state index in [1.54, 1.807) is 34.8 Å². The monoisotopic (exact) mass is 1840 g/mol. The number of hydrogen-bond donors (Lipinski definition) is 6. The van der Waals surface area contributed by atoms with Gasteiger partial charge >= 0.3 is 18.1 Å². The maximum absolute atomic E-state index is 13.0. The summed E-state index contributed by atoms with van der Waals surface area (Å²) in [6.07, 6.45) is 34.1. The Morgan fingerprint density at radius 2 is 0.946 bits per heavy atom. The van der Waals surface area contributed by atoms with Crippen LogP contribution in [0.4, 0.5) is 30.1 Å². The van der Waals surface area contributed by atoms with Gasteiger partial charge in [-0.3, -0.25) is 48.4 Å². The molecule has 21 rings (SSSR count). The molecule has 6 amide bonds. The van der Waals surface area contributed by atoms with E-state index in [9.17, 15) is 38.4 Å². The van der Waals surface area contributed by atoms with E-state index >= 15 is 0 Å². The van der Waals surface area contributed by atoms with Crippen LogP contribution >= 0.6 is 68.2 Å². The van der Waals surface area contributed by atoms with Crippen LogP contribution in [-0.2, 0) is 23.9 Å². The Kier molecular flexibility index (Phi) is 26.7. The fraction of sp³-hybridized carbons (Fsp3) is 0.344. The third-order valence-corrected chi connectivity index (χ3v) is 29.4. The minimum atomic E-state index is -0.347. The Hall–Kier alpha value is -12.3. The molecule has 0 radical (unpaired) electrons. The van der Waals surface area contributed by atoms with E-state index in [4.69, 9.17) is 9.47 Å². The lowest BCUT2D eigenvalue weighted by atomic mass is 9.87.